The fraction of sp³-hybridized carbons (Fsp3) is 0.818. The molecule has 0 aliphatic carbocycles. The monoisotopic (exact) mass is 210 g/mol. The van der Waals surface area contributed by atoms with E-state index in [2.05, 4.69) is 5.32 Å². The third-order valence-electron chi connectivity index (χ3n) is 2.71. The Hall–Kier alpha value is -1.08. The third-order valence-corrected chi connectivity index (χ3v) is 2.71. The lowest BCUT2D eigenvalue weighted by Crippen LogP contribution is -2.43. The molecule has 1 heterocycles. The van der Waals surface area contributed by atoms with Gasteiger partial charge in [-0.15, -0.1) is 0 Å². The van der Waals surface area contributed by atoms with Gasteiger partial charge in [-0.2, -0.15) is 5.26 Å². The molecule has 4 nitrogen and oxygen atoms in total. The van der Waals surface area contributed by atoms with E-state index in [-0.39, 0.29) is 18.1 Å². The normalized spacial score (nSPS) is 27.8. The topological polar surface area (TPSA) is 62.1 Å². The molecule has 1 rings (SSSR count). The molecule has 0 spiro atoms. The van der Waals surface area contributed by atoms with Crippen LogP contribution in [-0.4, -0.2) is 24.7 Å². The molecule has 1 aliphatic heterocycles. The summed E-state index contributed by atoms with van der Waals surface area (Å²) in [5, 5.41) is 11.7. The van der Waals surface area contributed by atoms with Crippen LogP contribution in [0, 0.1) is 17.2 Å². The van der Waals surface area contributed by atoms with E-state index in [4.69, 9.17) is 10.00 Å². The van der Waals surface area contributed by atoms with Crippen molar-refractivity contribution in [2.45, 2.75) is 45.3 Å². The Labute approximate surface area is 90.6 Å². The van der Waals surface area contributed by atoms with Crippen LogP contribution in [0.1, 0.15) is 33.1 Å². The molecule has 3 atom stereocenters. The standard InChI is InChI=1S/C11H18N2O2/c1-3-9(7-12)11(14)13-10-4-5-15-8(2)6-10/h8-10H,3-6H2,1-2H3,(H,13,14). The van der Waals surface area contributed by atoms with E-state index in [1.54, 1.807) is 0 Å². The molecule has 1 aliphatic rings. The Balaban J connectivity index is 2.40. The fourth-order valence-corrected chi connectivity index (χ4v) is 1.77. The molecule has 0 bridgehead atoms. The summed E-state index contributed by atoms with van der Waals surface area (Å²) < 4.78 is 5.39. The van der Waals surface area contributed by atoms with Crippen LogP contribution in [-0.2, 0) is 9.53 Å². The number of carbonyl (C=O) groups is 1. The van der Waals surface area contributed by atoms with Crippen molar-refractivity contribution in [3.63, 3.8) is 0 Å². The average Bonchev–Trinajstić information content (AvgIpc) is 2.19. The first-order valence-electron chi connectivity index (χ1n) is 5.49. The number of nitriles is 1. The first-order chi connectivity index (χ1) is 7.17. The summed E-state index contributed by atoms with van der Waals surface area (Å²) in [6.07, 6.45) is 2.46. The van der Waals surface area contributed by atoms with Crippen molar-refractivity contribution in [2.75, 3.05) is 6.61 Å². The summed E-state index contributed by atoms with van der Waals surface area (Å²) in [5.74, 6) is -0.651. The Morgan fingerprint density at radius 2 is 2.47 bits per heavy atom. The van der Waals surface area contributed by atoms with E-state index in [0.717, 1.165) is 12.8 Å². The number of ether oxygens (including phenoxy) is 1. The Morgan fingerprint density at radius 1 is 1.73 bits per heavy atom. The fourth-order valence-electron chi connectivity index (χ4n) is 1.77. The minimum atomic E-state index is -0.511. The van der Waals surface area contributed by atoms with Gasteiger partial charge in [0.2, 0.25) is 5.91 Å². The smallest absolute Gasteiger partial charge is 0.237 e. The van der Waals surface area contributed by atoms with Crippen molar-refractivity contribution < 1.29 is 9.53 Å². The first-order valence-corrected chi connectivity index (χ1v) is 5.49. The lowest BCUT2D eigenvalue weighted by Gasteiger charge is -2.28. The zero-order valence-corrected chi connectivity index (χ0v) is 9.32. The van der Waals surface area contributed by atoms with Crippen molar-refractivity contribution in [1.29, 1.82) is 5.26 Å². The first kappa shape index (κ1) is 12.0. The van der Waals surface area contributed by atoms with E-state index in [0.29, 0.717) is 13.0 Å². The summed E-state index contributed by atoms with van der Waals surface area (Å²) >= 11 is 0. The minimum absolute atomic E-state index is 0.140. The van der Waals surface area contributed by atoms with Crippen molar-refractivity contribution in [3.8, 4) is 6.07 Å². The number of amides is 1. The third kappa shape index (κ3) is 3.52. The van der Waals surface area contributed by atoms with Gasteiger partial charge >= 0.3 is 0 Å². The number of rotatable bonds is 3. The summed E-state index contributed by atoms with van der Waals surface area (Å²) in [7, 11) is 0. The van der Waals surface area contributed by atoms with Crippen molar-refractivity contribution in [3.05, 3.63) is 0 Å². The van der Waals surface area contributed by atoms with Gasteiger partial charge in [0.1, 0.15) is 5.92 Å². The minimum Gasteiger partial charge on any atom is -0.378 e. The largest absolute Gasteiger partial charge is 0.378 e. The maximum Gasteiger partial charge on any atom is 0.237 e. The molecule has 3 unspecified atom stereocenters. The SMILES string of the molecule is CCC(C#N)C(=O)NC1CCOC(C)C1. The maximum atomic E-state index is 11.6. The van der Waals surface area contributed by atoms with Crippen LogP contribution >= 0.6 is 0 Å². The van der Waals surface area contributed by atoms with Crippen molar-refractivity contribution in [1.82, 2.24) is 5.32 Å². The highest BCUT2D eigenvalue weighted by atomic mass is 16.5. The molecule has 15 heavy (non-hydrogen) atoms. The second-order valence-corrected chi connectivity index (χ2v) is 4.00. The molecule has 0 radical (unpaired) electrons. The molecular weight excluding hydrogens is 192 g/mol. The van der Waals surface area contributed by atoms with Crippen LogP contribution in [0.4, 0.5) is 0 Å². The predicted molar refractivity (Wildman–Crippen MR) is 56.0 cm³/mol. The molecular formula is C11H18N2O2. The van der Waals surface area contributed by atoms with Gasteiger partial charge in [-0.3, -0.25) is 4.79 Å². The zero-order valence-electron chi connectivity index (χ0n) is 9.32. The molecule has 0 aromatic heterocycles. The number of nitrogens with one attached hydrogen (secondary N) is 1. The Morgan fingerprint density at radius 3 is 3.00 bits per heavy atom. The molecule has 0 saturated carbocycles. The van der Waals surface area contributed by atoms with E-state index < -0.39 is 5.92 Å². The summed E-state index contributed by atoms with van der Waals surface area (Å²) in [5.41, 5.74) is 0. The summed E-state index contributed by atoms with van der Waals surface area (Å²) in [6, 6.07) is 2.18. The second-order valence-electron chi connectivity index (χ2n) is 4.00. The van der Waals surface area contributed by atoms with Crippen LogP contribution in [0.25, 0.3) is 0 Å². The van der Waals surface area contributed by atoms with Gasteiger partial charge in [-0.25, -0.2) is 0 Å². The van der Waals surface area contributed by atoms with Gasteiger partial charge in [0, 0.05) is 12.6 Å². The lowest BCUT2D eigenvalue weighted by molar-refractivity contribution is -0.125. The molecule has 0 aromatic carbocycles. The molecule has 84 valence electrons. The molecule has 1 fully saturated rings. The molecule has 4 heteroatoms. The number of carbonyl (C=O) groups excluding carboxylic acids is 1. The van der Waals surface area contributed by atoms with Gasteiger partial charge in [-0.05, 0) is 26.2 Å². The van der Waals surface area contributed by atoms with Crippen LogP contribution < -0.4 is 5.32 Å². The summed E-state index contributed by atoms with van der Waals surface area (Å²) in [6.45, 7) is 4.54. The van der Waals surface area contributed by atoms with E-state index in [1.165, 1.54) is 0 Å². The van der Waals surface area contributed by atoms with Gasteiger partial charge in [0.05, 0.1) is 12.2 Å². The molecule has 1 amide bonds. The van der Waals surface area contributed by atoms with E-state index >= 15 is 0 Å². The van der Waals surface area contributed by atoms with E-state index in [1.807, 2.05) is 19.9 Å². The number of hydrogen-bond acceptors (Lipinski definition) is 3. The zero-order chi connectivity index (χ0) is 11.3. The van der Waals surface area contributed by atoms with Crippen LogP contribution in [0.3, 0.4) is 0 Å². The van der Waals surface area contributed by atoms with Crippen LogP contribution in [0.15, 0.2) is 0 Å². The van der Waals surface area contributed by atoms with Gasteiger partial charge in [0.15, 0.2) is 0 Å². The van der Waals surface area contributed by atoms with E-state index in [9.17, 15) is 4.79 Å². The highest BCUT2D eigenvalue weighted by Crippen LogP contribution is 2.14. The second kappa shape index (κ2) is 5.72. The van der Waals surface area contributed by atoms with Gasteiger partial charge in [0.25, 0.3) is 0 Å². The van der Waals surface area contributed by atoms with Crippen molar-refractivity contribution in [2.24, 2.45) is 5.92 Å². The highest BCUT2D eigenvalue weighted by Gasteiger charge is 2.23. The quantitative estimate of drug-likeness (QED) is 0.761. The van der Waals surface area contributed by atoms with Crippen LogP contribution in [0.5, 0.6) is 0 Å². The Bertz CT molecular complexity index is 260. The van der Waals surface area contributed by atoms with Gasteiger partial charge < -0.3 is 10.1 Å². The predicted octanol–water partition coefficient (Wildman–Crippen LogP) is 1.22. The average molecular weight is 210 g/mol. The molecule has 1 saturated heterocycles. The molecule has 1 N–H and O–H groups in total. The van der Waals surface area contributed by atoms with Crippen molar-refractivity contribution >= 4 is 5.91 Å². The lowest BCUT2D eigenvalue weighted by atomic mass is 10.0. The number of hydrogen-bond donors (Lipinski definition) is 1. The molecule has 0 aromatic rings. The summed E-state index contributed by atoms with van der Waals surface area (Å²) in [4.78, 5) is 11.6. The number of nitrogens with zero attached hydrogens (tertiary/aromatic N) is 1. The van der Waals surface area contributed by atoms with Gasteiger partial charge in [-0.1, -0.05) is 6.92 Å². The highest BCUT2D eigenvalue weighted by molar-refractivity contribution is 5.81. The maximum absolute atomic E-state index is 11.6. The van der Waals surface area contributed by atoms with Crippen LogP contribution in [0.2, 0.25) is 0 Å². The Kier molecular flexibility index (Phi) is 4.57.